The summed E-state index contributed by atoms with van der Waals surface area (Å²) in [5.74, 6) is 1.50. The van der Waals surface area contributed by atoms with Crippen molar-refractivity contribution in [2.24, 2.45) is 0 Å². The smallest absolute Gasteiger partial charge is 0.175 e. The van der Waals surface area contributed by atoms with Crippen LogP contribution in [-0.2, 0) is 6.54 Å². The number of halogens is 1. The van der Waals surface area contributed by atoms with E-state index in [0.717, 1.165) is 28.1 Å². The summed E-state index contributed by atoms with van der Waals surface area (Å²) in [5, 5.41) is 0. The maximum absolute atomic E-state index is 5.67. The quantitative estimate of drug-likeness (QED) is 0.913. The lowest BCUT2D eigenvalue weighted by Crippen LogP contribution is -2.47. The van der Waals surface area contributed by atoms with Gasteiger partial charge in [0.25, 0.3) is 0 Å². The summed E-state index contributed by atoms with van der Waals surface area (Å²) < 4.78 is 11.9. The molecule has 0 aliphatic carbocycles. The molecular formula is C11H17BrNO2+. The molecule has 0 saturated heterocycles. The molecule has 3 nitrogen and oxygen atoms in total. The molecule has 0 bridgehead atoms. The Bertz CT molecular complexity index is 340. The summed E-state index contributed by atoms with van der Waals surface area (Å²) >= 11 is 3.48. The summed E-state index contributed by atoms with van der Waals surface area (Å²) in [4.78, 5) is 0. The van der Waals surface area contributed by atoms with Crippen LogP contribution in [-0.4, -0.2) is 13.2 Å². The van der Waals surface area contributed by atoms with E-state index in [1.54, 1.807) is 7.11 Å². The van der Waals surface area contributed by atoms with Gasteiger partial charge in [0.05, 0.1) is 24.2 Å². The second-order valence-corrected chi connectivity index (χ2v) is 4.38. The summed E-state index contributed by atoms with van der Waals surface area (Å²) in [6.07, 6.45) is 0.126. The molecule has 0 radical (unpaired) electrons. The predicted octanol–water partition coefficient (Wildman–Crippen LogP) is 1.99. The van der Waals surface area contributed by atoms with Crippen LogP contribution < -0.4 is 15.2 Å². The van der Waals surface area contributed by atoms with E-state index in [0.29, 0.717) is 0 Å². The highest BCUT2D eigenvalue weighted by Gasteiger charge is 2.12. The van der Waals surface area contributed by atoms with Crippen molar-refractivity contribution in [2.75, 3.05) is 7.11 Å². The van der Waals surface area contributed by atoms with E-state index in [1.807, 2.05) is 26.0 Å². The fourth-order valence-electron chi connectivity index (χ4n) is 1.27. The number of quaternary nitrogens is 1. The number of methoxy groups -OCH3 is 1. The van der Waals surface area contributed by atoms with Crippen LogP contribution in [0.3, 0.4) is 0 Å². The summed E-state index contributed by atoms with van der Waals surface area (Å²) in [7, 11) is 1.64. The molecule has 3 N–H and O–H groups in total. The van der Waals surface area contributed by atoms with Crippen molar-refractivity contribution < 1.29 is 15.2 Å². The molecule has 0 saturated carbocycles. The Morgan fingerprint density at radius 2 is 2.07 bits per heavy atom. The van der Waals surface area contributed by atoms with Gasteiger partial charge in [-0.15, -0.1) is 0 Å². The normalized spacial score (nSPS) is 10.5. The number of rotatable bonds is 4. The highest BCUT2D eigenvalue weighted by molar-refractivity contribution is 9.10. The van der Waals surface area contributed by atoms with Crippen LogP contribution in [0.15, 0.2) is 16.6 Å². The van der Waals surface area contributed by atoms with Crippen molar-refractivity contribution in [1.82, 2.24) is 0 Å². The second kappa shape index (κ2) is 5.37. The van der Waals surface area contributed by atoms with Crippen LogP contribution in [0.1, 0.15) is 19.4 Å². The maximum atomic E-state index is 5.67. The molecule has 1 aromatic carbocycles. The third-order valence-corrected chi connectivity index (χ3v) is 2.52. The maximum Gasteiger partial charge on any atom is 0.175 e. The number of benzene rings is 1. The average Bonchev–Trinajstić information content (AvgIpc) is 2.20. The Hall–Kier alpha value is -0.740. The molecule has 4 heteroatoms. The van der Waals surface area contributed by atoms with Gasteiger partial charge in [0.1, 0.15) is 0 Å². The Kier molecular flexibility index (Phi) is 4.42. The summed E-state index contributed by atoms with van der Waals surface area (Å²) in [5.41, 5.74) is 4.97. The first-order valence-corrected chi connectivity index (χ1v) is 5.70. The van der Waals surface area contributed by atoms with Crippen molar-refractivity contribution in [3.8, 4) is 11.5 Å². The standard InChI is InChI=1S/C11H16BrNO2/c1-7(2)15-11-9(12)4-8(6-13)5-10(11)14-3/h4-5,7H,6,13H2,1-3H3/p+1. The monoisotopic (exact) mass is 274 g/mol. The van der Waals surface area contributed by atoms with Gasteiger partial charge in [0.15, 0.2) is 11.5 Å². The first kappa shape index (κ1) is 12.3. The lowest BCUT2D eigenvalue weighted by Gasteiger charge is -2.15. The number of hydrogen-bond acceptors (Lipinski definition) is 2. The molecule has 0 amide bonds. The van der Waals surface area contributed by atoms with E-state index in [2.05, 4.69) is 21.7 Å². The van der Waals surface area contributed by atoms with E-state index >= 15 is 0 Å². The molecule has 0 spiro atoms. The van der Waals surface area contributed by atoms with Gasteiger partial charge in [-0.25, -0.2) is 0 Å². The first-order chi connectivity index (χ1) is 7.08. The SMILES string of the molecule is COc1cc(C[NH3+])cc(Br)c1OC(C)C. The van der Waals surface area contributed by atoms with E-state index in [-0.39, 0.29) is 6.10 Å². The zero-order chi connectivity index (χ0) is 11.4. The van der Waals surface area contributed by atoms with Crippen molar-refractivity contribution in [3.63, 3.8) is 0 Å². The molecular weight excluding hydrogens is 258 g/mol. The van der Waals surface area contributed by atoms with Gasteiger partial charge in [-0.2, -0.15) is 0 Å². The van der Waals surface area contributed by atoms with Crippen molar-refractivity contribution in [2.45, 2.75) is 26.5 Å². The average molecular weight is 275 g/mol. The van der Waals surface area contributed by atoms with E-state index in [4.69, 9.17) is 9.47 Å². The van der Waals surface area contributed by atoms with Crippen molar-refractivity contribution in [3.05, 3.63) is 22.2 Å². The van der Waals surface area contributed by atoms with Crippen LogP contribution in [0, 0.1) is 0 Å². The zero-order valence-corrected chi connectivity index (χ0v) is 10.9. The van der Waals surface area contributed by atoms with Gasteiger partial charge >= 0.3 is 0 Å². The van der Waals surface area contributed by atoms with Crippen LogP contribution >= 0.6 is 15.9 Å². The van der Waals surface area contributed by atoms with Gasteiger partial charge in [-0.1, -0.05) is 0 Å². The summed E-state index contributed by atoms with van der Waals surface area (Å²) in [6.45, 7) is 4.71. The van der Waals surface area contributed by atoms with E-state index in [1.165, 1.54) is 0 Å². The third-order valence-electron chi connectivity index (χ3n) is 1.93. The van der Waals surface area contributed by atoms with Gasteiger partial charge in [-0.05, 0) is 41.9 Å². The minimum absolute atomic E-state index is 0.126. The molecule has 0 atom stereocenters. The molecule has 0 aliphatic heterocycles. The minimum Gasteiger partial charge on any atom is -0.493 e. The molecule has 15 heavy (non-hydrogen) atoms. The van der Waals surface area contributed by atoms with Gasteiger partial charge in [0.2, 0.25) is 0 Å². The fourth-order valence-corrected chi connectivity index (χ4v) is 1.85. The lowest BCUT2D eigenvalue weighted by molar-refractivity contribution is -0.386. The highest BCUT2D eigenvalue weighted by atomic mass is 79.9. The van der Waals surface area contributed by atoms with Gasteiger partial charge in [-0.3, -0.25) is 0 Å². The lowest BCUT2D eigenvalue weighted by atomic mass is 10.2. The van der Waals surface area contributed by atoms with Crippen LogP contribution in [0.2, 0.25) is 0 Å². The first-order valence-electron chi connectivity index (χ1n) is 4.90. The molecule has 84 valence electrons. The minimum atomic E-state index is 0.126. The van der Waals surface area contributed by atoms with Crippen LogP contribution in [0.25, 0.3) is 0 Å². The molecule has 0 aliphatic rings. The Balaban J connectivity index is 3.12. The Morgan fingerprint density at radius 3 is 2.53 bits per heavy atom. The molecule has 0 unspecified atom stereocenters. The predicted molar refractivity (Wildman–Crippen MR) is 63.1 cm³/mol. The molecule has 1 rings (SSSR count). The van der Waals surface area contributed by atoms with Crippen LogP contribution in [0.4, 0.5) is 0 Å². The number of ether oxygens (including phenoxy) is 2. The van der Waals surface area contributed by atoms with E-state index in [9.17, 15) is 0 Å². The Morgan fingerprint density at radius 1 is 1.40 bits per heavy atom. The van der Waals surface area contributed by atoms with Gasteiger partial charge in [0, 0.05) is 5.56 Å². The zero-order valence-electron chi connectivity index (χ0n) is 9.34. The molecule has 0 heterocycles. The summed E-state index contributed by atoms with van der Waals surface area (Å²) in [6, 6.07) is 3.96. The largest absolute Gasteiger partial charge is 0.493 e. The van der Waals surface area contributed by atoms with E-state index < -0.39 is 0 Å². The number of hydrogen-bond donors (Lipinski definition) is 1. The van der Waals surface area contributed by atoms with Gasteiger partial charge < -0.3 is 15.2 Å². The fraction of sp³-hybridized carbons (Fsp3) is 0.455. The molecule has 1 aromatic rings. The molecule has 0 fully saturated rings. The van der Waals surface area contributed by atoms with Crippen LogP contribution in [0.5, 0.6) is 11.5 Å². The second-order valence-electron chi connectivity index (χ2n) is 3.53. The third kappa shape index (κ3) is 3.11. The Labute approximate surface area is 98.7 Å². The topological polar surface area (TPSA) is 46.1 Å². The van der Waals surface area contributed by atoms with Crippen molar-refractivity contribution >= 4 is 15.9 Å². The van der Waals surface area contributed by atoms with Crippen molar-refractivity contribution in [1.29, 1.82) is 0 Å². The highest BCUT2D eigenvalue weighted by Crippen LogP contribution is 2.37. The molecule has 0 aromatic heterocycles.